The van der Waals surface area contributed by atoms with Crippen molar-refractivity contribution in [3.05, 3.63) is 104 Å². The van der Waals surface area contributed by atoms with Crippen molar-refractivity contribution in [1.29, 1.82) is 0 Å². The number of esters is 1. The van der Waals surface area contributed by atoms with Crippen LogP contribution in [0.5, 0.6) is 0 Å². The molecule has 1 heterocycles. The first-order valence-electron chi connectivity index (χ1n) is 14.2. The van der Waals surface area contributed by atoms with Crippen LogP contribution >= 0.6 is 39.1 Å². The second-order valence-electron chi connectivity index (χ2n) is 10.5. The Morgan fingerprint density at radius 3 is 2.40 bits per heavy atom. The molecule has 3 aromatic carbocycles. The van der Waals surface area contributed by atoms with Crippen LogP contribution in [0.4, 0.5) is 0 Å². The molecule has 1 saturated carbocycles. The Kier molecular flexibility index (Phi) is 10.0. The zero-order valence-corrected chi connectivity index (χ0v) is 26.4. The summed E-state index contributed by atoms with van der Waals surface area (Å²) in [7, 11) is 0. The van der Waals surface area contributed by atoms with Gasteiger partial charge in [-0.3, -0.25) is 4.79 Å². The molecule has 6 nitrogen and oxygen atoms in total. The molecule has 1 fully saturated rings. The second kappa shape index (κ2) is 13.9. The Morgan fingerprint density at radius 2 is 1.74 bits per heavy atom. The molecule has 218 valence electrons. The van der Waals surface area contributed by atoms with Crippen LogP contribution in [0, 0.1) is 0 Å². The summed E-state index contributed by atoms with van der Waals surface area (Å²) in [5.41, 5.74) is 4.08. The lowest BCUT2D eigenvalue weighted by Crippen LogP contribution is -2.45. The van der Waals surface area contributed by atoms with E-state index in [0.29, 0.717) is 28.6 Å². The number of carbonyl (C=O) groups is 2. The molecular formula is C33H32BrCl2N3O3. The van der Waals surface area contributed by atoms with Gasteiger partial charge in [-0.2, -0.15) is 5.10 Å². The molecule has 1 aliphatic rings. The molecule has 1 aromatic heterocycles. The fourth-order valence-electron chi connectivity index (χ4n) is 5.40. The normalized spacial score (nSPS) is 14.4. The zero-order chi connectivity index (χ0) is 29.6. The number of amides is 1. The molecule has 1 atom stereocenters. The van der Waals surface area contributed by atoms with Crippen LogP contribution in [0.15, 0.2) is 77.3 Å². The van der Waals surface area contributed by atoms with Gasteiger partial charge in [0.15, 0.2) is 5.69 Å². The Morgan fingerprint density at radius 1 is 1.02 bits per heavy atom. The minimum atomic E-state index is -0.869. The highest BCUT2D eigenvalue weighted by molar-refractivity contribution is 9.10. The van der Waals surface area contributed by atoms with Crippen molar-refractivity contribution in [1.82, 2.24) is 15.1 Å². The van der Waals surface area contributed by atoms with Gasteiger partial charge in [0.05, 0.1) is 16.4 Å². The lowest BCUT2D eigenvalue weighted by Gasteiger charge is -2.25. The third-order valence-corrected chi connectivity index (χ3v) is 8.58. The number of nitrogens with zero attached hydrogens (tertiary/aromatic N) is 2. The topological polar surface area (TPSA) is 73.2 Å². The van der Waals surface area contributed by atoms with Crippen molar-refractivity contribution in [2.75, 3.05) is 0 Å². The maximum Gasteiger partial charge on any atom is 0.329 e. The molecule has 0 aliphatic heterocycles. The van der Waals surface area contributed by atoms with Gasteiger partial charge in [-0.1, -0.05) is 94.9 Å². The third-order valence-electron chi connectivity index (χ3n) is 7.52. The Balaban J connectivity index is 1.53. The first-order chi connectivity index (χ1) is 20.3. The number of hydrogen-bond donors (Lipinski definition) is 1. The molecule has 0 unspecified atom stereocenters. The Hall–Kier alpha value is -3.13. The SMILES string of the molecule is CCc1c(C(=O)N[C@@H](Cc2ccccc2)C(=O)OC2CCCCC2)nn(-c2ccc(Cl)cc2Cl)c1-c1ccc(Br)cc1. The number of halogens is 3. The van der Waals surface area contributed by atoms with Gasteiger partial charge in [0, 0.05) is 27.0 Å². The summed E-state index contributed by atoms with van der Waals surface area (Å²) >= 11 is 16.3. The third kappa shape index (κ3) is 7.08. The average molecular weight is 669 g/mol. The van der Waals surface area contributed by atoms with Crippen LogP contribution in [-0.2, 0) is 22.4 Å². The van der Waals surface area contributed by atoms with Crippen molar-refractivity contribution in [3.63, 3.8) is 0 Å². The maximum atomic E-state index is 14.0. The van der Waals surface area contributed by atoms with E-state index in [9.17, 15) is 9.59 Å². The van der Waals surface area contributed by atoms with Gasteiger partial charge >= 0.3 is 5.97 Å². The molecule has 4 aromatic rings. The predicted molar refractivity (Wildman–Crippen MR) is 170 cm³/mol. The van der Waals surface area contributed by atoms with Gasteiger partial charge < -0.3 is 10.1 Å². The van der Waals surface area contributed by atoms with E-state index in [0.717, 1.165) is 59.0 Å². The first-order valence-corrected chi connectivity index (χ1v) is 15.8. The number of nitrogens with one attached hydrogen (secondary N) is 1. The van der Waals surface area contributed by atoms with E-state index in [2.05, 4.69) is 21.2 Å². The standard InChI is InChI=1S/C33H32BrCl2N3O3/c1-2-26-30(38-39(29-18-17-24(35)20-27(29)36)31(26)22-13-15-23(34)16-14-22)32(40)37-28(19-21-9-5-3-6-10-21)33(41)42-25-11-7-4-8-12-25/h3,5-6,9-10,13-18,20,25,28H,2,4,7-8,11-12,19H2,1H3,(H,37,40)/t28-/m0/s1. The summed E-state index contributed by atoms with van der Waals surface area (Å²) in [6.45, 7) is 1.97. The second-order valence-corrected chi connectivity index (χ2v) is 12.2. The largest absolute Gasteiger partial charge is 0.461 e. The van der Waals surface area contributed by atoms with E-state index in [1.165, 1.54) is 0 Å². The highest BCUT2D eigenvalue weighted by atomic mass is 79.9. The number of hydrogen-bond acceptors (Lipinski definition) is 4. The van der Waals surface area contributed by atoms with Crippen molar-refractivity contribution < 1.29 is 14.3 Å². The van der Waals surface area contributed by atoms with Crippen LogP contribution < -0.4 is 5.32 Å². The van der Waals surface area contributed by atoms with Crippen molar-refractivity contribution in [3.8, 4) is 16.9 Å². The molecule has 1 aliphatic carbocycles. The van der Waals surface area contributed by atoms with Gasteiger partial charge in [0.25, 0.3) is 5.91 Å². The summed E-state index contributed by atoms with van der Waals surface area (Å²) in [6.07, 6.45) is 5.63. The molecular weight excluding hydrogens is 637 g/mol. The molecule has 0 radical (unpaired) electrons. The van der Waals surface area contributed by atoms with Crippen molar-refractivity contribution in [2.24, 2.45) is 0 Å². The fourth-order valence-corrected chi connectivity index (χ4v) is 6.15. The van der Waals surface area contributed by atoms with Gasteiger partial charge in [0.1, 0.15) is 12.1 Å². The van der Waals surface area contributed by atoms with Crippen LogP contribution in [-0.4, -0.2) is 33.8 Å². The van der Waals surface area contributed by atoms with Gasteiger partial charge in [-0.05, 0) is 68.0 Å². The molecule has 5 rings (SSSR count). The molecule has 1 N–H and O–H groups in total. The molecule has 1 amide bonds. The molecule has 0 bridgehead atoms. The monoisotopic (exact) mass is 667 g/mol. The van der Waals surface area contributed by atoms with E-state index >= 15 is 0 Å². The van der Waals surface area contributed by atoms with E-state index in [1.54, 1.807) is 22.9 Å². The predicted octanol–water partition coefficient (Wildman–Crippen LogP) is 8.39. The lowest BCUT2D eigenvalue weighted by molar-refractivity contribution is -0.152. The van der Waals surface area contributed by atoms with E-state index in [4.69, 9.17) is 33.0 Å². The fraction of sp³-hybridized carbons (Fsp3) is 0.303. The lowest BCUT2D eigenvalue weighted by atomic mass is 9.97. The van der Waals surface area contributed by atoms with E-state index < -0.39 is 17.9 Å². The number of ether oxygens (including phenoxy) is 1. The summed E-state index contributed by atoms with van der Waals surface area (Å²) in [5.74, 6) is -0.874. The highest BCUT2D eigenvalue weighted by Crippen LogP contribution is 2.34. The zero-order valence-electron chi connectivity index (χ0n) is 23.3. The van der Waals surface area contributed by atoms with Crippen LogP contribution in [0.1, 0.15) is 60.6 Å². The van der Waals surface area contributed by atoms with Gasteiger partial charge in [-0.25, -0.2) is 9.48 Å². The summed E-state index contributed by atoms with van der Waals surface area (Å²) in [5, 5.41) is 8.65. The number of rotatable bonds is 9. The van der Waals surface area contributed by atoms with Gasteiger partial charge in [0.2, 0.25) is 0 Å². The maximum absolute atomic E-state index is 14.0. The molecule has 42 heavy (non-hydrogen) atoms. The molecule has 0 spiro atoms. The van der Waals surface area contributed by atoms with Crippen LogP contribution in [0.2, 0.25) is 10.0 Å². The first kappa shape index (κ1) is 30.3. The van der Waals surface area contributed by atoms with Gasteiger partial charge in [-0.15, -0.1) is 0 Å². The van der Waals surface area contributed by atoms with Crippen molar-refractivity contribution >= 4 is 51.0 Å². The number of carbonyl (C=O) groups excluding carboxylic acids is 2. The van der Waals surface area contributed by atoms with Crippen LogP contribution in [0.25, 0.3) is 16.9 Å². The average Bonchev–Trinajstić information content (AvgIpc) is 3.37. The quantitative estimate of drug-likeness (QED) is 0.182. The van der Waals surface area contributed by atoms with E-state index in [1.807, 2.05) is 61.5 Å². The Bertz CT molecular complexity index is 1550. The molecule has 0 saturated heterocycles. The summed E-state index contributed by atoms with van der Waals surface area (Å²) in [6, 6.07) is 21.7. The smallest absolute Gasteiger partial charge is 0.329 e. The minimum Gasteiger partial charge on any atom is -0.461 e. The summed E-state index contributed by atoms with van der Waals surface area (Å²) < 4.78 is 8.52. The van der Waals surface area contributed by atoms with Crippen LogP contribution in [0.3, 0.4) is 0 Å². The number of benzene rings is 3. The molecule has 9 heteroatoms. The Labute approximate surface area is 264 Å². The highest BCUT2D eigenvalue weighted by Gasteiger charge is 2.30. The number of aromatic nitrogens is 2. The van der Waals surface area contributed by atoms with Crippen molar-refractivity contribution in [2.45, 2.75) is 64.0 Å². The van der Waals surface area contributed by atoms with E-state index in [-0.39, 0.29) is 11.8 Å². The minimum absolute atomic E-state index is 0.122. The summed E-state index contributed by atoms with van der Waals surface area (Å²) in [4.78, 5) is 27.5.